The Morgan fingerprint density at radius 3 is 2.41 bits per heavy atom. The molecule has 0 radical (unpaired) electrons. The normalized spacial score (nSPS) is 14.1. The van der Waals surface area contributed by atoms with Crippen molar-refractivity contribution < 1.29 is 9.59 Å². The molecule has 2 amide bonds. The van der Waals surface area contributed by atoms with Crippen molar-refractivity contribution in [3.8, 4) is 0 Å². The molecule has 0 aromatic carbocycles. The summed E-state index contributed by atoms with van der Waals surface area (Å²) >= 11 is 0. The van der Waals surface area contributed by atoms with Crippen LogP contribution in [0.3, 0.4) is 0 Å². The third-order valence-corrected chi connectivity index (χ3v) is 4.76. The number of likely N-dealkylation sites (N-methyl/N-ethyl adjacent to an activating group) is 1. The molecule has 2 aromatic heterocycles. The Hall–Kier alpha value is -3.03. The van der Waals surface area contributed by atoms with Gasteiger partial charge in [-0.05, 0) is 24.1 Å². The number of nitrogens with zero attached hydrogens (tertiary/aromatic N) is 6. The largest absolute Gasteiger partial charge is 0.359 e. The molecule has 1 aliphatic heterocycles. The molecule has 1 aliphatic rings. The van der Waals surface area contributed by atoms with E-state index in [9.17, 15) is 9.59 Å². The number of hydrogen-bond acceptors (Lipinski definition) is 6. The minimum absolute atomic E-state index is 0.0437. The average Bonchev–Trinajstić information content (AvgIpc) is 2.72. The summed E-state index contributed by atoms with van der Waals surface area (Å²) in [4.78, 5) is 42.1. The van der Waals surface area contributed by atoms with E-state index in [0.717, 1.165) is 13.0 Å². The van der Waals surface area contributed by atoms with Gasteiger partial charge in [0.2, 0.25) is 5.91 Å². The van der Waals surface area contributed by atoms with Gasteiger partial charge in [-0.1, -0.05) is 0 Å². The van der Waals surface area contributed by atoms with Crippen molar-refractivity contribution >= 4 is 17.6 Å². The molecule has 2 aromatic rings. The minimum atomic E-state index is -0.121. The fourth-order valence-electron chi connectivity index (χ4n) is 3.02. The summed E-state index contributed by atoms with van der Waals surface area (Å²) in [5, 5.41) is 0. The van der Waals surface area contributed by atoms with Crippen LogP contribution < -0.4 is 4.90 Å². The third kappa shape index (κ3) is 4.78. The van der Waals surface area contributed by atoms with Gasteiger partial charge < -0.3 is 14.7 Å². The van der Waals surface area contributed by atoms with Gasteiger partial charge in [0.15, 0.2) is 0 Å². The molecule has 0 aliphatic carbocycles. The lowest BCUT2D eigenvalue weighted by Crippen LogP contribution is -2.50. The Balaban J connectivity index is 1.61. The minimum Gasteiger partial charge on any atom is -0.359 e. The Morgan fingerprint density at radius 2 is 1.74 bits per heavy atom. The van der Waals surface area contributed by atoms with Gasteiger partial charge in [0, 0.05) is 65.2 Å². The van der Waals surface area contributed by atoms with Crippen molar-refractivity contribution in [2.45, 2.75) is 13.3 Å². The molecule has 3 heterocycles. The van der Waals surface area contributed by atoms with E-state index in [-0.39, 0.29) is 11.8 Å². The highest BCUT2D eigenvalue weighted by molar-refractivity contribution is 5.93. The number of hydrogen-bond donors (Lipinski definition) is 0. The second-order valence-corrected chi connectivity index (χ2v) is 6.59. The molecule has 3 rings (SSSR count). The van der Waals surface area contributed by atoms with Gasteiger partial charge in [-0.2, -0.15) is 0 Å². The first-order valence-corrected chi connectivity index (χ1v) is 9.01. The summed E-state index contributed by atoms with van der Waals surface area (Å²) < 4.78 is 0. The second-order valence-electron chi connectivity index (χ2n) is 6.59. The standard InChI is InChI=1S/C19H24N6O2/c1-15(26)24-9-11-25(12-10-24)19(27)17-13-18(22-14-21-17)23(2)8-5-16-3-6-20-7-4-16/h3-4,6-7,13-14H,5,8-12H2,1-2H3. The predicted molar refractivity (Wildman–Crippen MR) is 101 cm³/mol. The number of anilines is 1. The van der Waals surface area contributed by atoms with Crippen LogP contribution in [0.1, 0.15) is 23.0 Å². The summed E-state index contributed by atoms with van der Waals surface area (Å²) in [6.07, 6.45) is 5.85. The summed E-state index contributed by atoms with van der Waals surface area (Å²) in [7, 11) is 1.95. The lowest BCUT2D eigenvalue weighted by molar-refractivity contribution is -0.130. The van der Waals surface area contributed by atoms with Crippen molar-refractivity contribution in [3.63, 3.8) is 0 Å². The molecule has 8 nitrogen and oxygen atoms in total. The van der Waals surface area contributed by atoms with Crippen LogP contribution in [0.25, 0.3) is 0 Å². The Kier molecular flexibility index (Phi) is 5.95. The zero-order valence-electron chi connectivity index (χ0n) is 15.7. The number of amides is 2. The van der Waals surface area contributed by atoms with Crippen LogP contribution in [0.2, 0.25) is 0 Å². The maximum atomic E-state index is 12.7. The number of carbonyl (C=O) groups excluding carboxylic acids is 2. The zero-order chi connectivity index (χ0) is 19.2. The first-order chi connectivity index (χ1) is 13.0. The summed E-state index contributed by atoms with van der Waals surface area (Å²) in [6.45, 7) is 4.49. The molecular weight excluding hydrogens is 344 g/mol. The van der Waals surface area contributed by atoms with Crippen LogP contribution in [0, 0.1) is 0 Å². The Labute approximate surface area is 158 Å². The summed E-state index contributed by atoms with van der Waals surface area (Å²) in [5.41, 5.74) is 1.58. The van der Waals surface area contributed by atoms with Gasteiger partial charge in [0.1, 0.15) is 17.8 Å². The molecule has 0 N–H and O–H groups in total. The molecular formula is C19H24N6O2. The summed E-state index contributed by atoms with van der Waals surface area (Å²) in [5.74, 6) is 0.636. The van der Waals surface area contributed by atoms with Crippen LogP contribution in [0.4, 0.5) is 5.82 Å². The Morgan fingerprint density at radius 1 is 1.07 bits per heavy atom. The van der Waals surface area contributed by atoms with Crippen LogP contribution in [-0.2, 0) is 11.2 Å². The molecule has 0 unspecified atom stereocenters. The lowest BCUT2D eigenvalue weighted by Gasteiger charge is -2.34. The van der Waals surface area contributed by atoms with Crippen LogP contribution >= 0.6 is 0 Å². The molecule has 27 heavy (non-hydrogen) atoms. The number of pyridine rings is 1. The van der Waals surface area contributed by atoms with Gasteiger partial charge in [-0.15, -0.1) is 0 Å². The van der Waals surface area contributed by atoms with Gasteiger partial charge in [0.05, 0.1) is 0 Å². The highest BCUT2D eigenvalue weighted by Crippen LogP contribution is 2.13. The lowest BCUT2D eigenvalue weighted by atomic mass is 10.2. The molecule has 142 valence electrons. The van der Waals surface area contributed by atoms with Crippen molar-refractivity contribution in [1.29, 1.82) is 0 Å². The van der Waals surface area contributed by atoms with Gasteiger partial charge in [-0.3, -0.25) is 14.6 Å². The third-order valence-electron chi connectivity index (χ3n) is 4.76. The fourth-order valence-corrected chi connectivity index (χ4v) is 3.02. The number of aromatic nitrogens is 3. The predicted octanol–water partition coefficient (Wildman–Crippen LogP) is 0.855. The number of rotatable bonds is 5. The SMILES string of the molecule is CC(=O)N1CCN(C(=O)c2cc(N(C)CCc3ccncc3)ncn2)CC1. The van der Waals surface area contributed by atoms with E-state index in [4.69, 9.17) is 0 Å². The topological polar surface area (TPSA) is 82.5 Å². The maximum absolute atomic E-state index is 12.7. The molecule has 0 spiro atoms. The van der Waals surface area contributed by atoms with Crippen molar-refractivity contribution in [3.05, 3.63) is 48.2 Å². The number of piperazine rings is 1. The van der Waals surface area contributed by atoms with Crippen LogP contribution in [0.5, 0.6) is 0 Å². The van der Waals surface area contributed by atoms with Crippen molar-refractivity contribution in [2.24, 2.45) is 0 Å². The molecule has 1 fully saturated rings. The van der Waals surface area contributed by atoms with Crippen molar-refractivity contribution in [1.82, 2.24) is 24.8 Å². The van der Waals surface area contributed by atoms with Crippen molar-refractivity contribution in [2.75, 3.05) is 44.7 Å². The maximum Gasteiger partial charge on any atom is 0.272 e. The molecule has 1 saturated heterocycles. The van der Waals surface area contributed by atoms with E-state index in [1.165, 1.54) is 11.9 Å². The highest BCUT2D eigenvalue weighted by atomic mass is 16.2. The highest BCUT2D eigenvalue weighted by Gasteiger charge is 2.24. The second kappa shape index (κ2) is 8.57. The van der Waals surface area contributed by atoms with E-state index in [1.807, 2.05) is 24.1 Å². The zero-order valence-corrected chi connectivity index (χ0v) is 15.7. The van der Waals surface area contributed by atoms with Gasteiger partial charge >= 0.3 is 0 Å². The first-order valence-electron chi connectivity index (χ1n) is 9.01. The fraction of sp³-hybridized carbons (Fsp3) is 0.421. The quantitative estimate of drug-likeness (QED) is 0.778. The van der Waals surface area contributed by atoms with E-state index < -0.39 is 0 Å². The monoisotopic (exact) mass is 368 g/mol. The molecule has 0 saturated carbocycles. The van der Waals surface area contributed by atoms with Gasteiger partial charge in [-0.25, -0.2) is 9.97 Å². The van der Waals surface area contributed by atoms with E-state index in [0.29, 0.717) is 37.7 Å². The van der Waals surface area contributed by atoms with Gasteiger partial charge in [0.25, 0.3) is 5.91 Å². The average molecular weight is 368 g/mol. The number of carbonyl (C=O) groups is 2. The van der Waals surface area contributed by atoms with E-state index in [1.54, 1.807) is 35.2 Å². The molecule has 0 atom stereocenters. The smallest absolute Gasteiger partial charge is 0.272 e. The molecule has 8 heteroatoms. The van der Waals surface area contributed by atoms with E-state index >= 15 is 0 Å². The first kappa shape index (κ1) is 18.8. The van der Waals surface area contributed by atoms with Crippen LogP contribution in [-0.4, -0.2) is 76.3 Å². The van der Waals surface area contributed by atoms with Crippen LogP contribution in [0.15, 0.2) is 36.9 Å². The Bertz CT molecular complexity index is 790. The van der Waals surface area contributed by atoms with E-state index in [2.05, 4.69) is 15.0 Å². The summed E-state index contributed by atoms with van der Waals surface area (Å²) in [6, 6.07) is 5.71. The molecule has 0 bridgehead atoms.